The van der Waals surface area contributed by atoms with Gasteiger partial charge in [0.2, 0.25) is 0 Å². The summed E-state index contributed by atoms with van der Waals surface area (Å²) >= 11 is 0. The molecule has 17 heavy (non-hydrogen) atoms. The van der Waals surface area contributed by atoms with Crippen LogP contribution >= 0.6 is 0 Å². The highest BCUT2D eigenvalue weighted by molar-refractivity contribution is 5.86. The van der Waals surface area contributed by atoms with Crippen LogP contribution in [0.1, 0.15) is 25.0 Å². The van der Waals surface area contributed by atoms with Crippen LogP contribution in [0.25, 0.3) is 6.08 Å². The van der Waals surface area contributed by atoms with Gasteiger partial charge in [-0.2, -0.15) is 0 Å². The fourth-order valence-electron chi connectivity index (χ4n) is 1.79. The van der Waals surface area contributed by atoms with Gasteiger partial charge in [0.05, 0.1) is 12.9 Å². The fourth-order valence-corrected chi connectivity index (χ4v) is 1.79. The van der Waals surface area contributed by atoms with E-state index in [1.54, 1.807) is 24.5 Å². The van der Waals surface area contributed by atoms with E-state index < -0.39 is 0 Å². The molecule has 3 heteroatoms. The Morgan fingerprint density at radius 2 is 2.47 bits per heavy atom. The summed E-state index contributed by atoms with van der Waals surface area (Å²) in [7, 11) is 0. The van der Waals surface area contributed by atoms with Gasteiger partial charge in [-0.15, -0.1) is 0 Å². The lowest BCUT2D eigenvalue weighted by molar-refractivity contribution is -0.139. The first-order valence-electron chi connectivity index (χ1n) is 5.88. The minimum Gasteiger partial charge on any atom is -0.465 e. The number of furan rings is 1. The van der Waals surface area contributed by atoms with E-state index in [0.29, 0.717) is 18.3 Å². The molecule has 90 valence electrons. The van der Waals surface area contributed by atoms with E-state index in [0.717, 1.165) is 19.3 Å². The SMILES string of the molecule is O=C(/C=C/c1ccco1)OCC1CC=CCC1. The molecule has 1 aromatic heterocycles. The zero-order chi connectivity index (χ0) is 11.9. The summed E-state index contributed by atoms with van der Waals surface area (Å²) in [6.45, 7) is 0.506. The number of esters is 1. The van der Waals surface area contributed by atoms with E-state index in [1.807, 2.05) is 0 Å². The van der Waals surface area contributed by atoms with Crippen molar-refractivity contribution in [3.05, 3.63) is 42.4 Å². The molecule has 0 fully saturated rings. The molecule has 1 aliphatic rings. The first-order chi connectivity index (χ1) is 8.34. The number of hydrogen-bond acceptors (Lipinski definition) is 3. The maximum Gasteiger partial charge on any atom is 0.330 e. The normalized spacial score (nSPS) is 19.6. The van der Waals surface area contributed by atoms with Crippen LogP contribution in [0.15, 0.2) is 41.0 Å². The van der Waals surface area contributed by atoms with Gasteiger partial charge in [-0.05, 0) is 43.4 Å². The van der Waals surface area contributed by atoms with Gasteiger partial charge in [-0.25, -0.2) is 4.79 Å². The highest BCUT2D eigenvalue weighted by Gasteiger charge is 2.11. The monoisotopic (exact) mass is 232 g/mol. The van der Waals surface area contributed by atoms with Crippen molar-refractivity contribution < 1.29 is 13.9 Å². The zero-order valence-electron chi connectivity index (χ0n) is 9.67. The second kappa shape index (κ2) is 6.09. The highest BCUT2D eigenvalue weighted by Crippen LogP contribution is 2.18. The molecule has 1 atom stereocenters. The maximum absolute atomic E-state index is 11.4. The van der Waals surface area contributed by atoms with E-state index >= 15 is 0 Å². The van der Waals surface area contributed by atoms with Crippen LogP contribution in [0.5, 0.6) is 0 Å². The third-order valence-corrected chi connectivity index (χ3v) is 2.77. The third kappa shape index (κ3) is 3.94. The maximum atomic E-state index is 11.4. The predicted octanol–water partition coefficient (Wildman–Crippen LogP) is 3.19. The summed E-state index contributed by atoms with van der Waals surface area (Å²) in [6, 6.07) is 3.56. The minimum absolute atomic E-state index is 0.309. The highest BCUT2D eigenvalue weighted by atomic mass is 16.5. The molecule has 0 saturated heterocycles. The fraction of sp³-hybridized carbons (Fsp3) is 0.357. The summed E-state index contributed by atoms with van der Waals surface area (Å²) in [5, 5.41) is 0. The molecule has 0 spiro atoms. The van der Waals surface area contributed by atoms with Crippen LogP contribution in [0.3, 0.4) is 0 Å². The molecule has 0 bridgehead atoms. The van der Waals surface area contributed by atoms with Crippen LogP contribution in [0.2, 0.25) is 0 Å². The molecule has 0 aliphatic heterocycles. The Morgan fingerprint density at radius 3 is 3.18 bits per heavy atom. The molecule has 1 aromatic rings. The number of allylic oxidation sites excluding steroid dienone is 2. The summed E-state index contributed by atoms with van der Waals surface area (Å²) in [5.74, 6) is 0.819. The van der Waals surface area contributed by atoms with Gasteiger partial charge in [0.1, 0.15) is 5.76 Å². The number of carbonyl (C=O) groups is 1. The molecule has 1 unspecified atom stereocenters. The van der Waals surface area contributed by atoms with Crippen LogP contribution in [-0.4, -0.2) is 12.6 Å². The molecule has 0 aromatic carbocycles. The first-order valence-corrected chi connectivity index (χ1v) is 5.88. The van der Waals surface area contributed by atoms with E-state index in [2.05, 4.69) is 12.2 Å². The van der Waals surface area contributed by atoms with Crippen molar-refractivity contribution in [2.75, 3.05) is 6.61 Å². The molecule has 3 nitrogen and oxygen atoms in total. The van der Waals surface area contributed by atoms with Crippen molar-refractivity contribution in [3.63, 3.8) is 0 Å². The van der Waals surface area contributed by atoms with E-state index in [-0.39, 0.29) is 5.97 Å². The van der Waals surface area contributed by atoms with Gasteiger partial charge < -0.3 is 9.15 Å². The Hall–Kier alpha value is -1.77. The zero-order valence-corrected chi connectivity index (χ0v) is 9.67. The van der Waals surface area contributed by atoms with Crippen molar-refractivity contribution in [1.82, 2.24) is 0 Å². The number of rotatable bonds is 4. The van der Waals surface area contributed by atoms with E-state index in [1.165, 1.54) is 6.08 Å². The molecular weight excluding hydrogens is 216 g/mol. The van der Waals surface area contributed by atoms with E-state index in [4.69, 9.17) is 9.15 Å². The minimum atomic E-state index is -0.309. The van der Waals surface area contributed by atoms with Crippen LogP contribution in [0, 0.1) is 5.92 Å². The Balaban J connectivity index is 1.72. The van der Waals surface area contributed by atoms with Crippen molar-refractivity contribution in [2.24, 2.45) is 5.92 Å². The van der Waals surface area contributed by atoms with Crippen LogP contribution in [-0.2, 0) is 9.53 Å². The van der Waals surface area contributed by atoms with Gasteiger partial charge in [-0.3, -0.25) is 0 Å². The van der Waals surface area contributed by atoms with Gasteiger partial charge in [0.15, 0.2) is 0 Å². The summed E-state index contributed by atoms with van der Waals surface area (Å²) in [5.41, 5.74) is 0. The molecule has 0 saturated carbocycles. The van der Waals surface area contributed by atoms with Crippen molar-refractivity contribution in [3.8, 4) is 0 Å². The van der Waals surface area contributed by atoms with E-state index in [9.17, 15) is 4.79 Å². The molecule has 0 N–H and O–H groups in total. The number of carbonyl (C=O) groups excluding carboxylic acids is 1. The second-order valence-corrected chi connectivity index (χ2v) is 4.13. The second-order valence-electron chi connectivity index (χ2n) is 4.13. The Kier molecular flexibility index (Phi) is 4.19. The molecular formula is C14H16O3. The van der Waals surface area contributed by atoms with Crippen molar-refractivity contribution >= 4 is 12.0 Å². The molecule has 0 amide bonds. The summed E-state index contributed by atoms with van der Waals surface area (Å²) in [6.07, 6.45) is 12.1. The average Bonchev–Trinajstić information content (AvgIpc) is 2.88. The first kappa shape index (κ1) is 11.7. The summed E-state index contributed by atoms with van der Waals surface area (Å²) in [4.78, 5) is 11.4. The van der Waals surface area contributed by atoms with Crippen molar-refractivity contribution in [2.45, 2.75) is 19.3 Å². The lowest BCUT2D eigenvalue weighted by Gasteiger charge is -2.16. The lowest BCUT2D eigenvalue weighted by Crippen LogP contribution is -2.13. The Labute approximate surface area is 101 Å². The largest absolute Gasteiger partial charge is 0.465 e. The standard InChI is InChI=1S/C14H16O3/c15-14(9-8-13-7-4-10-16-13)17-11-12-5-2-1-3-6-12/h1-2,4,7-10,12H,3,5-6,11H2/b9-8+. The smallest absolute Gasteiger partial charge is 0.330 e. The molecule has 2 rings (SSSR count). The molecule has 1 heterocycles. The van der Waals surface area contributed by atoms with Crippen molar-refractivity contribution in [1.29, 1.82) is 0 Å². The van der Waals surface area contributed by atoms with Gasteiger partial charge in [-0.1, -0.05) is 12.2 Å². The van der Waals surface area contributed by atoms with Gasteiger partial charge in [0.25, 0.3) is 0 Å². The lowest BCUT2D eigenvalue weighted by atomic mass is 9.95. The Bertz CT molecular complexity index is 401. The molecule has 0 radical (unpaired) electrons. The predicted molar refractivity (Wildman–Crippen MR) is 65.2 cm³/mol. The third-order valence-electron chi connectivity index (χ3n) is 2.77. The van der Waals surface area contributed by atoms with Crippen LogP contribution < -0.4 is 0 Å². The average molecular weight is 232 g/mol. The number of ether oxygens (including phenoxy) is 1. The quantitative estimate of drug-likeness (QED) is 0.454. The Morgan fingerprint density at radius 1 is 1.53 bits per heavy atom. The molecule has 1 aliphatic carbocycles. The van der Waals surface area contributed by atoms with Gasteiger partial charge >= 0.3 is 5.97 Å². The van der Waals surface area contributed by atoms with Crippen LogP contribution in [0.4, 0.5) is 0 Å². The number of hydrogen-bond donors (Lipinski definition) is 0. The van der Waals surface area contributed by atoms with Gasteiger partial charge in [0, 0.05) is 6.08 Å². The topological polar surface area (TPSA) is 39.4 Å². The summed E-state index contributed by atoms with van der Waals surface area (Å²) < 4.78 is 10.3.